The fourth-order valence-electron chi connectivity index (χ4n) is 13.6. The summed E-state index contributed by atoms with van der Waals surface area (Å²) in [4.78, 5) is 17.2. The Bertz CT molecular complexity index is 3220. The molecule has 4 aromatic rings. The van der Waals surface area contributed by atoms with Gasteiger partial charge in [-0.2, -0.15) is 0 Å². The number of ether oxygens (including phenoxy) is 8. The third-order valence-electron chi connectivity index (χ3n) is 18.7. The third-order valence-corrected chi connectivity index (χ3v) is 18.7. The van der Waals surface area contributed by atoms with Gasteiger partial charge in [0.15, 0.2) is 0 Å². The van der Waals surface area contributed by atoms with Gasteiger partial charge in [0, 0.05) is 82.3 Å². The molecule has 0 spiro atoms. The van der Waals surface area contributed by atoms with Gasteiger partial charge in [-0.05, 0) is 108 Å². The molecule has 3 saturated heterocycles. The second kappa shape index (κ2) is 25.4. The van der Waals surface area contributed by atoms with E-state index in [0.717, 1.165) is 62.2 Å². The zero-order valence-electron chi connectivity index (χ0n) is 53.1. The molecule has 11 rings (SSSR count). The molecule has 4 aromatic carbocycles. The van der Waals surface area contributed by atoms with Crippen LogP contribution < -0.4 is 5.32 Å². The lowest BCUT2D eigenvalue weighted by molar-refractivity contribution is -0.226. The number of hydrogen-bond acceptors (Lipinski definition) is 12. The van der Waals surface area contributed by atoms with E-state index in [0.29, 0.717) is 78.2 Å². The van der Waals surface area contributed by atoms with E-state index in [1.54, 1.807) is 0 Å². The van der Waals surface area contributed by atoms with Crippen LogP contribution in [-0.2, 0) is 64.3 Å². The molecule has 1 N–H and O–H groups in total. The predicted molar refractivity (Wildman–Crippen MR) is 342 cm³/mol. The average Bonchev–Trinajstić information content (AvgIpc) is 1.61. The summed E-state index contributed by atoms with van der Waals surface area (Å²) in [6, 6.07) is 41.3. The Morgan fingerprint density at radius 2 is 0.953 bits per heavy atom. The Balaban J connectivity index is 0.997. The molecule has 7 aliphatic heterocycles. The molecule has 0 aromatic heterocycles. The summed E-state index contributed by atoms with van der Waals surface area (Å²) in [7, 11) is 0. The molecule has 0 radical (unpaired) electrons. The predicted octanol–water partition coefficient (Wildman–Crippen LogP) is 14.8. The molecule has 0 amide bonds. The van der Waals surface area contributed by atoms with Crippen LogP contribution in [0.2, 0.25) is 0 Å². The van der Waals surface area contributed by atoms with Crippen LogP contribution >= 0.6 is 0 Å². The monoisotopic (exact) mass is 1170 g/mol. The molecule has 7 heterocycles. The fraction of sp³-hybridized carbons (Fsp3) is 0.527. The Morgan fingerprint density at radius 1 is 0.500 bits per heavy atom. The summed E-state index contributed by atoms with van der Waals surface area (Å²) in [5, 5.41) is 4.02. The van der Waals surface area contributed by atoms with Crippen molar-refractivity contribution >= 4 is 17.1 Å². The van der Waals surface area contributed by atoms with Crippen molar-refractivity contribution < 1.29 is 37.9 Å². The summed E-state index contributed by atoms with van der Waals surface area (Å²) in [6.45, 7) is 29.2. The first-order chi connectivity index (χ1) is 41.0. The van der Waals surface area contributed by atoms with Gasteiger partial charge >= 0.3 is 0 Å². The highest BCUT2D eigenvalue weighted by atomic mass is 16.6. The number of aliphatic imine (C=N–C) groups is 3. The lowest BCUT2D eigenvalue weighted by Gasteiger charge is -2.48. The van der Waals surface area contributed by atoms with Crippen LogP contribution in [0.25, 0.3) is 0 Å². The van der Waals surface area contributed by atoms with Crippen LogP contribution in [0.4, 0.5) is 0 Å². The molecule has 7 aliphatic rings. The lowest BCUT2D eigenvalue weighted by Crippen LogP contribution is -2.56. The summed E-state index contributed by atoms with van der Waals surface area (Å²) >= 11 is 0. The highest BCUT2D eigenvalue weighted by molar-refractivity contribution is 6.07. The Labute approximate surface area is 512 Å². The van der Waals surface area contributed by atoms with Crippen LogP contribution in [-0.4, -0.2) is 96.4 Å². The smallest absolute Gasteiger partial charge is 0.0955 e. The van der Waals surface area contributed by atoms with Crippen LogP contribution in [0.5, 0.6) is 0 Å². The minimum absolute atomic E-state index is 0.178. The number of fused-ring (bicyclic) bond motifs is 5. The highest BCUT2D eigenvalue weighted by Gasteiger charge is 2.56. The number of allylic oxidation sites excluding steroid dienone is 6. The molecule has 0 aliphatic carbocycles. The fourth-order valence-corrected chi connectivity index (χ4v) is 13.6. The molecule has 3 fully saturated rings. The normalized spacial score (nSPS) is 34.6. The Hall–Kier alpha value is -5.67. The maximum Gasteiger partial charge on any atom is 0.0955 e. The van der Waals surface area contributed by atoms with E-state index in [1.807, 2.05) is 24.3 Å². The van der Waals surface area contributed by atoms with E-state index in [-0.39, 0.29) is 66.1 Å². The van der Waals surface area contributed by atoms with E-state index in [2.05, 4.69) is 210 Å². The van der Waals surface area contributed by atoms with Gasteiger partial charge in [-0.25, -0.2) is 0 Å². The minimum atomic E-state index is -0.643. The van der Waals surface area contributed by atoms with Gasteiger partial charge in [0.05, 0.1) is 117 Å². The number of nitrogens with zero attached hydrogens (tertiary/aromatic N) is 3. The Morgan fingerprint density at radius 3 is 1.45 bits per heavy atom. The maximum absolute atomic E-state index is 7.40. The SMILES string of the molecule is C[C@H]1O[C@@H]([C@]2(C)CC3=CC4=N/C(=C\C5N=C(/C=C6/CC(C)(COC(C)(C)C)/C(=C/C2=N3)N6)C[C@@]5(C)[C@@H]2O[C@H](C)[C@H](OCc3ccccc3)C[C@H]2OCc2ccccc2)CC4(C)COC(C)(C)C)[C@H](OCc2ccccc2)C[C@H]1OCc1ccccc1. The lowest BCUT2D eigenvalue weighted by atomic mass is 9.71. The standard InChI is InChI=1S/C74H94N4O8/c1-49-59(79-43-51-25-17-13-18-26-51)36-61(81-45-53-29-21-15-22-30-53)67(85-49)73(11)41-56-33-55-39-72(10,48-84-70(6,7)8)64(75-55)38-66-74(12,42-58(78-66)34-63-71(9,47-83-69(3,4)5)40-57(76-63)35-65(73)77-56)68-62(82-46-54-31-23-16-24-32-54)37-60(50(2)86-68)80-44-52-27-19-14-20-28-52/h13-35,38,49-50,59-62,65,67-68,75H,36-37,39-48H2,1-12H3/b55-33-,57-35-,58-34?,64-38-/t49-,50-,59-,60-,61-,62-,65?,67-,68-,71?,72?,73-,74-/m1/s1. The van der Waals surface area contributed by atoms with E-state index >= 15 is 0 Å². The molecule has 8 bridgehead atoms. The zero-order valence-corrected chi connectivity index (χ0v) is 53.1. The number of nitrogens with one attached hydrogen (secondary N) is 1. The first kappa shape index (κ1) is 62.0. The third kappa shape index (κ3) is 14.4. The maximum atomic E-state index is 7.40. The van der Waals surface area contributed by atoms with E-state index < -0.39 is 21.7 Å². The first-order valence-electron chi connectivity index (χ1n) is 31.6. The zero-order chi connectivity index (χ0) is 60.5. The second-order valence-corrected chi connectivity index (χ2v) is 28.6. The average molecular weight is 1170 g/mol. The van der Waals surface area contributed by atoms with E-state index in [4.69, 9.17) is 52.9 Å². The van der Waals surface area contributed by atoms with Crippen LogP contribution in [0, 0.1) is 21.7 Å². The summed E-state index contributed by atoms with van der Waals surface area (Å²) < 4.78 is 56.0. The van der Waals surface area contributed by atoms with Crippen LogP contribution in [0.1, 0.15) is 144 Å². The molecule has 12 nitrogen and oxygen atoms in total. The van der Waals surface area contributed by atoms with Gasteiger partial charge in [-0.3, -0.25) is 15.0 Å². The number of benzene rings is 4. The highest BCUT2D eigenvalue weighted by Crippen LogP contribution is 2.52. The summed E-state index contributed by atoms with van der Waals surface area (Å²) in [5.41, 5.74) is 8.52. The summed E-state index contributed by atoms with van der Waals surface area (Å²) in [5.74, 6) is 0. The van der Waals surface area contributed by atoms with Crippen molar-refractivity contribution in [3.63, 3.8) is 0 Å². The second-order valence-electron chi connectivity index (χ2n) is 28.6. The Kier molecular flexibility index (Phi) is 18.3. The van der Waals surface area contributed by atoms with Crippen molar-refractivity contribution in [3.8, 4) is 0 Å². The molecule has 13 atom stereocenters. The van der Waals surface area contributed by atoms with E-state index in [1.165, 1.54) is 0 Å². The van der Waals surface area contributed by atoms with Gasteiger partial charge in [-0.1, -0.05) is 149 Å². The summed E-state index contributed by atoms with van der Waals surface area (Å²) in [6.07, 6.45) is 11.1. The van der Waals surface area contributed by atoms with Gasteiger partial charge in [0.2, 0.25) is 0 Å². The molecular weight excluding hydrogens is 1070 g/mol. The van der Waals surface area contributed by atoms with Gasteiger partial charge < -0.3 is 43.2 Å². The van der Waals surface area contributed by atoms with Crippen molar-refractivity contribution in [2.24, 2.45) is 36.6 Å². The van der Waals surface area contributed by atoms with Crippen molar-refractivity contribution in [2.75, 3.05) is 13.2 Å². The molecule has 12 heteroatoms. The number of rotatable bonds is 18. The topological polar surface area (TPSA) is 123 Å². The quantitative estimate of drug-likeness (QED) is 0.104. The van der Waals surface area contributed by atoms with Crippen molar-refractivity contribution in [2.45, 2.75) is 214 Å². The van der Waals surface area contributed by atoms with Crippen LogP contribution in [0.15, 0.2) is 183 Å². The largest absolute Gasteiger partial charge is 0.375 e. The first-order valence-corrected chi connectivity index (χ1v) is 31.6. The van der Waals surface area contributed by atoms with Gasteiger partial charge in [0.25, 0.3) is 0 Å². The minimum Gasteiger partial charge on any atom is -0.375 e. The molecule has 86 heavy (non-hydrogen) atoms. The van der Waals surface area contributed by atoms with Crippen LogP contribution in [0.3, 0.4) is 0 Å². The van der Waals surface area contributed by atoms with Gasteiger partial charge in [-0.15, -0.1) is 0 Å². The molecular formula is C74H94N4O8. The van der Waals surface area contributed by atoms with Crippen molar-refractivity contribution in [3.05, 3.63) is 191 Å². The molecule has 458 valence electrons. The van der Waals surface area contributed by atoms with Gasteiger partial charge in [0.1, 0.15) is 0 Å². The number of hydrogen-bond donors (Lipinski definition) is 1. The van der Waals surface area contributed by atoms with Crippen molar-refractivity contribution in [1.82, 2.24) is 5.32 Å². The molecule has 3 unspecified atom stereocenters. The van der Waals surface area contributed by atoms with Crippen molar-refractivity contribution in [1.29, 1.82) is 0 Å². The molecule has 0 saturated carbocycles. The van der Waals surface area contributed by atoms with E-state index in [9.17, 15) is 0 Å².